The average Bonchev–Trinajstić information content (AvgIpc) is 2.92. The van der Waals surface area contributed by atoms with Crippen molar-refractivity contribution in [3.8, 4) is 0 Å². The molecular formula is C14H17N3O2S. The number of likely N-dealkylation sites (N-methyl/N-ethyl adjacent to an activating group) is 1. The van der Waals surface area contributed by atoms with E-state index in [9.17, 15) is 9.59 Å². The van der Waals surface area contributed by atoms with Crippen LogP contribution < -0.4 is 5.56 Å². The zero-order valence-electron chi connectivity index (χ0n) is 11.8. The Bertz CT molecular complexity index is 662. The minimum Gasteiger partial charge on any atom is -0.340 e. The number of carbonyl (C=O) groups is 1. The molecule has 0 aliphatic rings. The van der Waals surface area contributed by atoms with E-state index in [1.54, 1.807) is 37.3 Å². The second-order valence-corrected chi connectivity index (χ2v) is 5.77. The number of amides is 1. The van der Waals surface area contributed by atoms with E-state index in [2.05, 4.69) is 4.98 Å². The molecule has 0 aliphatic heterocycles. The lowest BCUT2D eigenvalue weighted by Gasteiger charge is -2.16. The molecule has 6 heteroatoms. The molecular weight excluding hydrogens is 274 g/mol. The van der Waals surface area contributed by atoms with Crippen molar-refractivity contribution in [3.05, 3.63) is 50.3 Å². The highest BCUT2D eigenvalue weighted by atomic mass is 32.1. The molecule has 0 fully saturated rings. The maximum Gasteiger partial charge on any atom is 0.256 e. The quantitative estimate of drug-likeness (QED) is 0.854. The van der Waals surface area contributed by atoms with Gasteiger partial charge in [-0.2, -0.15) is 0 Å². The number of hydrogen-bond acceptors (Lipinski definition) is 4. The summed E-state index contributed by atoms with van der Waals surface area (Å²) in [5, 5.41) is 1.99. The first kappa shape index (κ1) is 14.5. The SMILES string of the molecule is Cc1c(CC(=O)N(C)Cc2cccs2)ncn(C)c1=O. The molecule has 1 amide bonds. The molecule has 2 aromatic heterocycles. The zero-order valence-corrected chi connectivity index (χ0v) is 12.6. The van der Waals surface area contributed by atoms with E-state index in [-0.39, 0.29) is 17.9 Å². The van der Waals surface area contributed by atoms with Crippen LogP contribution in [0.15, 0.2) is 28.6 Å². The van der Waals surface area contributed by atoms with Gasteiger partial charge < -0.3 is 9.47 Å². The second kappa shape index (κ2) is 6.00. The highest BCUT2D eigenvalue weighted by Crippen LogP contribution is 2.11. The van der Waals surface area contributed by atoms with E-state index >= 15 is 0 Å². The average molecular weight is 291 g/mol. The first-order valence-electron chi connectivity index (χ1n) is 6.26. The molecule has 0 radical (unpaired) electrons. The fourth-order valence-corrected chi connectivity index (χ4v) is 2.63. The number of nitrogens with zero attached hydrogens (tertiary/aromatic N) is 3. The Morgan fingerprint density at radius 3 is 2.90 bits per heavy atom. The lowest BCUT2D eigenvalue weighted by atomic mass is 10.2. The smallest absolute Gasteiger partial charge is 0.256 e. The van der Waals surface area contributed by atoms with Gasteiger partial charge in [0.15, 0.2) is 0 Å². The maximum absolute atomic E-state index is 12.2. The van der Waals surface area contributed by atoms with Crippen LogP contribution in [-0.4, -0.2) is 27.4 Å². The first-order valence-corrected chi connectivity index (χ1v) is 7.14. The van der Waals surface area contributed by atoms with Gasteiger partial charge in [0, 0.05) is 24.5 Å². The molecule has 20 heavy (non-hydrogen) atoms. The Kier molecular flexibility index (Phi) is 4.34. The summed E-state index contributed by atoms with van der Waals surface area (Å²) < 4.78 is 1.42. The minimum absolute atomic E-state index is 0.0396. The van der Waals surface area contributed by atoms with Crippen molar-refractivity contribution in [1.29, 1.82) is 0 Å². The van der Waals surface area contributed by atoms with Crippen molar-refractivity contribution in [3.63, 3.8) is 0 Å². The topological polar surface area (TPSA) is 55.2 Å². The lowest BCUT2D eigenvalue weighted by molar-refractivity contribution is -0.129. The molecule has 0 bridgehead atoms. The molecule has 0 saturated carbocycles. The molecule has 0 N–H and O–H groups in total. The van der Waals surface area contributed by atoms with Crippen molar-refractivity contribution in [1.82, 2.24) is 14.5 Å². The Morgan fingerprint density at radius 2 is 2.25 bits per heavy atom. The van der Waals surface area contributed by atoms with E-state index in [1.807, 2.05) is 17.5 Å². The molecule has 106 valence electrons. The van der Waals surface area contributed by atoms with Gasteiger partial charge in [0.05, 0.1) is 25.0 Å². The van der Waals surface area contributed by atoms with Crippen molar-refractivity contribution in [2.75, 3.05) is 7.05 Å². The maximum atomic E-state index is 12.2. The fourth-order valence-electron chi connectivity index (χ4n) is 1.87. The van der Waals surface area contributed by atoms with E-state index in [0.717, 1.165) is 4.88 Å². The molecule has 2 rings (SSSR count). The minimum atomic E-state index is -0.108. The van der Waals surface area contributed by atoms with E-state index < -0.39 is 0 Å². The molecule has 2 heterocycles. The van der Waals surface area contributed by atoms with Crippen LogP contribution >= 0.6 is 11.3 Å². The van der Waals surface area contributed by atoms with Gasteiger partial charge in [0.1, 0.15) is 0 Å². The highest BCUT2D eigenvalue weighted by molar-refractivity contribution is 7.09. The molecule has 0 unspecified atom stereocenters. The normalized spacial score (nSPS) is 10.6. The number of aryl methyl sites for hydroxylation is 1. The van der Waals surface area contributed by atoms with Gasteiger partial charge in [-0.25, -0.2) is 4.98 Å². The fraction of sp³-hybridized carbons (Fsp3) is 0.357. The molecule has 2 aromatic rings. The molecule has 5 nitrogen and oxygen atoms in total. The number of carbonyl (C=O) groups excluding carboxylic acids is 1. The standard InChI is InChI=1S/C14H17N3O2S/c1-10-12(15-9-17(3)14(10)19)7-13(18)16(2)8-11-5-4-6-20-11/h4-6,9H,7-8H2,1-3H3. The summed E-state index contributed by atoms with van der Waals surface area (Å²) in [6, 6.07) is 3.96. The van der Waals surface area contributed by atoms with Gasteiger partial charge in [0.2, 0.25) is 5.91 Å². The monoisotopic (exact) mass is 291 g/mol. The summed E-state index contributed by atoms with van der Waals surface area (Å²) >= 11 is 1.62. The van der Waals surface area contributed by atoms with Crippen LogP contribution in [0.4, 0.5) is 0 Å². The first-order chi connectivity index (χ1) is 9.49. The molecule has 0 spiro atoms. The highest BCUT2D eigenvalue weighted by Gasteiger charge is 2.14. The van der Waals surface area contributed by atoms with Crippen LogP contribution in [0.25, 0.3) is 0 Å². The third kappa shape index (κ3) is 3.14. The summed E-state index contributed by atoms with van der Waals surface area (Å²) in [5.41, 5.74) is 0.979. The van der Waals surface area contributed by atoms with Crippen molar-refractivity contribution < 1.29 is 4.79 Å². The van der Waals surface area contributed by atoms with E-state index in [1.165, 1.54) is 10.9 Å². The molecule has 0 aromatic carbocycles. The number of rotatable bonds is 4. The van der Waals surface area contributed by atoms with Gasteiger partial charge in [-0.1, -0.05) is 6.07 Å². The van der Waals surface area contributed by atoms with Crippen LogP contribution in [0.2, 0.25) is 0 Å². The predicted molar refractivity (Wildman–Crippen MR) is 78.7 cm³/mol. The van der Waals surface area contributed by atoms with Crippen LogP contribution in [0, 0.1) is 6.92 Å². The third-order valence-corrected chi connectivity index (χ3v) is 4.04. The van der Waals surface area contributed by atoms with Crippen LogP contribution in [0.5, 0.6) is 0 Å². The van der Waals surface area contributed by atoms with Gasteiger partial charge in [-0.15, -0.1) is 11.3 Å². The summed E-state index contributed by atoms with van der Waals surface area (Å²) in [4.78, 5) is 30.9. The largest absolute Gasteiger partial charge is 0.340 e. The number of thiophene rings is 1. The Morgan fingerprint density at radius 1 is 1.50 bits per heavy atom. The van der Waals surface area contributed by atoms with E-state index in [0.29, 0.717) is 17.8 Å². The van der Waals surface area contributed by atoms with Gasteiger partial charge in [-0.05, 0) is 18.4 Å². The number of hydrogen-bond donors (Lipinski definition) is 0. The van der Waals surface area contributed by atoms with Crippen molar-refractivity contribution in [2.24, 2.45) is 7.05 Å². The van der Waals surface area contributed by atoms with Crippen LogP contribution in [0.1, 0.15) is 16.1 Å². The van der Waals surface area contributed by atoms with Crippen LogP contribution in [0.3, 0.4) is 0 Å². The summed E-state index contributed by atoms with van der Waals surface area (Å²) in [5.74, 6) is -0.0396. The lowest BCUT2D eigenvalue weighted by Crippen LogP contribution is -2.30. The summed E-state index contributed by atoms with van der Waals surface area (Å²) in [7, 11) is 3.41. The number of aromatic nitrogens is 2. The zero-order chi connectivity index (χ0) is 14.7. The van der Waals surface area contributed by atoms with Crippen molar-refractivity contribution in [2.45, 2.75) is 19.9 Å². The van der Waals surface area contributed by atoms with Gasteiger partial charge in [0.25, 0.3) is 5.56 Å². The van der Waals surface area contributed by atoms with Gasteiger partial charge >= 0.3 is 0 Å². The third-order valence-electron chi connectivity index (χ3n) is 3.18. The Balaban J connectivity index is 2.08. The molecule has 0 aliphatic carbocycles. The second-order valence-electron chi connectivity index (χ2n) is 4.74. The Hall–Kier alpha value is -1.95. The summed E-state index contributed by atoms with van der Waals surface area (Å²) in [6.45, 7) is 2.29. The van der Waals surface area contributed by atoms with Crippen molar-refractivity contribution >= 4 is 17.2 Å². The van der Waals surface area contributed by atoms with Crippen LogP contribution in [-0.2, 0) is 24.8 Å². The van der Waals surface area contributed by atoms with E-state index in [4.69, 9.17) is 0 Å². The summed E-state index contributed by atoms with van der Waals surface area (Å²) in [6.07, 6.45) is 1.61. The molecule has 0 atom stereocenters. The van der Waals surface area contributed by atoms with Gasteiger partial charge in [-0.3, -0.25) is 9.59 Å². The predicted octanol–water partition coefficient (Wildman–Crippen LogP) is 1.35. The Labute approximate surface area is 121 Å². The molecule has 0 saturated heterocycles.